The van der Waals surface area contributed by atoms with Crippen LogP contribution in [0.1, 0.15) is 38.3 Å². The van der Waals surface area contributed by atoms with Crippen molar-refractivity contribution in [1.29, 1.82) is 0 Å². The van der Waals surface area contributed by atoms with Gasteiger partial charge in [-0.05, 0) is 17.5 Å². The summed E-state index contributed by atoms with van der Waals surface area (Å²) in [5.74, 6) is -0.923. The zero-order valence-corrected chi connectivity index (χ0v) is 11.8. The van der Waals surface area contributed by atoms with Gasteiger partial charge in [0.25, 0.3) is 0 Å². The van der Waals surface area contributed by atoms with Gasteiger partial charge in [-0.2, -0.15) is 0 Å². The Morgan fingerprint density at radius 1 is 1.26 bits per heavy atom. The number of benzene rings is 1. The number of carbonyl (C=O) groups is 2. The first-order valence-corrected chi connectivity index (χ1v) is 6.53. The van der Waals surface area contributed by atoms with Gasteiger partial charge < -0.3 is 10.4 Å². The molecular formula is C14H18ClNO3. The Bertz CT molecular complexity index is 460. The van der Waals surface area contributed by atoms with Crippen LogP contribution >= 0.6 is 11.6 Å². The first-order valence-electron chi connectivity index (χ1n) is 6.15. The number of amides is 1. The van der Waals surface area contributed by atoms with E-state index in [4.69, 9.17) is 16.7 Å². The molecule has 104 valence electrons. The lowest BCUT2D eigenvalue weighted by molar-refractivity contribution is -0.137. The molecule has 1 amide bonds. The molecule has 1 aromatic carbocycles. The molecule has 0 spiro atoms. The van der Waals surface area contributed by atoms with Crippen LogP contribution in [0.15, 0.2) is 24.3 Å². The Labute approximate surface area is 117 Å². The van der Waals surface area contributed by atoms with Crippen molar-refractivity contribution in [2.45, 2.75) is 32.7 Å². The number of nitrogens with one attached hydrogen (secondary N) is 1. The molecule has 0 saturated carbocycles. The van der Waals surface area contributed by atoms with Gasteiger partial charge in [-0.25, -0.2) is 0 Å². The van der Waals surface area contributed by atoms with Gasteiger partial charge in [0.15, 0.2) is 0 Å². The van der Waals surface area contributed by atoms with Gasteiger partial charge in [0, 0.05) is 11.4 Å². The summed E-state index contributed by atoms with van der Waals surface area (Å²) in [6.07, 6.45) is 0.175. The second-order valence-electron chi connectivity index (χ2n) is 4.84. The van der Waals surface area contributed by atoms with Crippen LogP contribution in [0, 0.1) is 5.92 Å². The van der Waals surface area contributed by atoms with Gasteiger partial charge in [-0.1, -0.05) is 43.6 Å². The van der Waals surface area contributed by atoms with E-state index in [1.54, 1.807) is 24.3 Å². The summed E-state index contributed by atoms with van der Waals surface area (Å²) in [6, 6.07) is 6.34. The number of aliphatic carboxylic acids is 1. The van der Waals surface area contributed by atoms with Crippen molar-refractivity contribution in [3.05, 3.63) is 34.9 Å². The van der Waals surface area contributed by atoms with E-state index in [1.165, 1.54) is 0 Å². The average Bonchev–Trinajstić information content (AvgIpc) is 2.26. The van der Waals surface area contributed by atoms with Gasteiger partial charge in [0.05, 0.1) is 12.5 Å². The number of hydrogen-bond donors (Lipinski definition) is 2. The molecular weight excluding hydrogens is 266 g/mol. The molecule has 0 radical (unpaired) electrons. The molecule has 2 N–H and O–H groups in total. The third-order valence-electron chi connectivity index (χ3n) is 2.59. The summed E-state index contributed by atoms with van der Waals surface area (Å²) >= 11 is 6.05. The lowest BCUT2D eigenvalue weighted by atomic mass is 10.0. The van der Waals surface area contributed by atoms with E-state index in [0.717, 1.165) is 0 Å². The number of hydrogen-bond acceptors (Lipinski definition) is 2. The lowest BCUT2D eigenvalue weighted by Gasteiger charge is -2.19. The van der Waals surface area contributed by atoms with E-state index >= 15 is 0 Å². The van der Waals surface area contributed by atoms with Gasteiger partial charge >= 0.3 is 5.97 Å². The third-order valence-corrected chi connectivity index (χ3v) is 2.93. The lowest BCUT2D eigenvalue weighted by Crippen LogP contribution is -2.31. The summed E-state index contributed by atoms with van der Waals surface area (Å²) in [5, 5.41) is 12.1. The maximum absolute atomic E-state index is 11.8. The van der Waals surface area contributed by atoms with Gasteiger partial charge in [0.1, 0.15) is 0 Å². The minimum Gasteiger partial charge on any atom is -0.481 e. The molecule has 0 aliphatic carbocycles. The van der Waals surface area contributed by atoms with Crippen molar-refractivity contribution in [1.82, 2.24) is 5.32 Å². The molecule has 0 unspecified atom stereocenters. The maximum Gasteiger partial charge on any atom is 0.305 e. The quantitative estimate of drug-likeness (QED) is 0.843. The largest absolute Gasteiger partial charge is 0.481 e. The predicted octanol–water partition coefficient (Wildman–Crippen LogP) is 3.02. The maximum atomic E-state index is 11.8. The zero-order valence-electron chi connectivity index (χ0n) is 11.0. The SMILES string of the molecule is CC(C)CC(=O)N[C@H](CC(=O)O)c1ccccc1Cl. The topological polar surface area (TPSA) is 66.4 Å². The van der Waals surface area contributed by atoms with Gasteiger partial charge in [-0.15, -0.1) is 0 Å². The molecule has 1 atom stereocenters. The van der Waals surface area contributed by atoms with Crippen molar-refractivity contribution < 1.29 is 14.7 Å². The summed E-state index contributed by atoms with van der Waals surface area (Å²) < 4.78 is 0. The summed E-state index contributed by atoms with van der Waals surface area (Å²) in [4.78, 5) is 22.7. The summed E-state index contributed by atoms with van der Waals surface area (Å²) in [6.45, 7) is 3.86. The predicted molar refractivity (Wildman–Crippen MR) is 74.0 cm³/mol. The second-order valence-corrected chi connectivity index (χ2v) is 5.24. The molecule has 1 aromatic rings. The number of halogens is 1. The molecule has 19 heavy (non-hydrogen) atoms. The molecule has 5 heteroatoms. The Kier molecular flexibility index (Phi) is 5.83. The molecule has 0 saturated heterocycles. The first-order chi connectivity index (χ1) is 8.90. The second kappa shape index (κ2) is 7.14. The highest BCUT2D eigenvalue weighted by Gasteiger charge is 2.20. The summed E-state index contributed by atoms with van der Waals surface area (Å²) in [7, 11) is 0. The molecule has 0 fully saturated rings. The number of carboxylic acid groups (broad SMARTS) is 1. The van der Waals surface area contributed by atoms with Crippen LogP contribution in [0.4, 0.5) is 0 Å². The first kappa shape index (κ1) is 15.5. The van der Waals surface area contributed by atoms with Crippen LogP contribution in [-0.4, -0.2) is 17.0 Å². The Balaban J connectivity index is 2.86. The molecule has 0 aliphatic heterocycles. The Morgan fingerprint density at radius 3 is 2.42 bits per heavy atom. The van der Waals surface area contributed by atoms with Crippen molar-refractivity contribution in [3.8, 4) is 0 Å². The standard InChI is InChI=1S/C14H18ClNO3/c1-9(2)7-13(17)16-12(8-14(18)19)10-5-3-4-6-11(10)15/h3-6,9,12H,7-8H2,1-2H3,(H,16,17)(H,18,19)/t12-/m1/s1. The number of carboxylic acids is 1. The van der Waals surface area contributed by atoms with E-state index in [-0.39, 0.29) is 18.2 Å². The van der Waals surface area contributed by atoms with Crippen molar-refractivity contribution in [2.75, 3.05) is 0 Å². The Morgan fingerprint density at radius 2 is 1.89 bits per heavy atom. The highest BCUT2D eigenvalue weighted by molar-refractivity contribution is 6.31. The highest BCUT2D eigenvalue weighted by Crippen LogP contribution is 2.25. The third kappa shape index (κ3) is 5.30. The summed E-state index contributed by atoms with van der Waals surface area (Å²) in [5.41, 5.74) is 0.628. The smallest absolute Gasteiger partial charge is 0.305 e. The van der Waals surface area contributed by atoms with Crippen LogP contribution < -0.4 is 5.32 Å². The average molecular weight is 284 g/mol. The van der Waals surface area contributed by atoms with E-state index in [0.29, 0.717) is 17.0 Å². The van der Waals surface area contributed by atoms with Crippen molar-refractivity contribution in [2.24, 2.45) is 5.92 Å². The van der Waals surface area contributed by atoms with Gasteiger partial charge in [-0.3, -0.25) is 9.59 Å². The molecule has 4 nitrogen and oxygen atoms in total. The van der Waals surface area contributed by atoms with Crippen LogP contribution in [0.5, 0.6) is 0 Å². The van der Waals surface area contributed by atoms with E-state index in [1.807, 2.05) is 13.8 Å². The fraction of sp³-hybridized carbons (Fsp3) is 0.429. The number of carbonyl (C=O) groups excluding carboxylic acids is 1. The van der Waals surface area contributed by atoms with Crippen LogP contribution in [0.2, 0.25) is 5.02 Å². The normalized spacial score (nSPS) is 12.2. The Hall–Kier alpha value is -1.55. The van der Waals surface area contributed by atoms with Gasteiger partial charge in [0.2, 0.25) is 5.91 Å². The monoisotopic (exact) mass is 283 g/mol. The van der Waals surface area contributed by atoms with Crippen molar-refractivity contribution >= 4 is 23.5 Å². The zero-order chi connectivity index (χ0) is 14.4. The minimum atomic E-state index is -0.977. The molecule has 0 aliphatic rings. The molecule has 0 heterocycles. The molecule has 0 bridgehead atoms. The van der Waals surface area contributed by atoms with Crippen LogP contribution in [0.25, 0.3) is 0 Å². The van der Waals surface area contributed by atoms with Crippen molar-refractivity contribution in [3.63, 3.8) is 0 Å². The van der Waals surface area contributed by atoms with E-state index in [9.17, 15) is 9.59 Å². The fourth-order valence-electron chi connectivity index (χ4n) is 1.80. The van der Waals surface area contributed by atoms with Crippen LogP contribution in [0.3, 0.4) is 0 Å². The number of rotatable bonds is 6. The highest BCUT2D eigenvalue weighted by atomic mass is 35.5. The molecule has 1 rings (SSSR count). The molecule has 0 aromatic heterocycles. The van der Waals surface area contributed by atoms with E-state index in [2.05, 4.69) is 5.32 Å². The van der Waals surface area contributed by atoms with E-state index < -0.39 is 12.0 Å². The van der Waals surface area contributed by atoms with Crippen LogP contribution in [-0.2, 0) is 9.59 Å². The minimum absolute atomic E-state index is 0.166. The fourth-order valence-corrected chi connectivity index (χ4v) is 2.06.